The van der Waals surface area contributed by atoms with Crippen molar-refractivity contribution in [2.45, 2.75) is 64.5 Å². The topological polar surface area (TPSA) is 105 Å². The molecule has 24 heavy (non-hydrogen) atoms. The van der Waals surface area contributed by atoms with Gasteiger partial charge in [-0.2, -0.15) is 0 Å². The van der Waals surface area contributed by atoms with E-state index >= 15 is 0 Å². The van der Waals surface area contributed by atoms with Crippen LogP contribution >= 0.6 is 0 Å². The molecule has 0 rings (SSSR count). The highest BCUT2D eigenvalue weighted by Gasteiger charge is 2.17. The second kappa shape index (κ2) is 12.7. The standard InChI is InChI=1S/C14H22O8Si2/c1-9(15)19-13(20-10(2)16)7-23-5-6-24-8-14(21-11(3)17)22-12(4)18/h13-14H,5-8H2,1-4H3. The van der Waals surface area contributed by atoms with E-state index in [0.29, 0.717) is 31.1 Å². The fraction of sp³-hybridized carbons (Fsp3) is 0.714. The minimum absolute atomic E-state index is 0.444. The molecule has 10 heteroatoms. The maximum absolute atomic E-state index is 10.9. The molecule has 0 fully saturated rings. The quantitative estimate of drug-likeness (QED) is 0.228. The van der Waals surface area contributed by atoms with E-state index < -0.39 is 36.5 Å². The molecule has 0 spiro atoms. The zero-order chi connectivity index (χ0) is 18.5. The summed E-state index contributed by atoms with van der Waals surface area (Å²) in [6.45, 7) is 5.02. The first-order valence-corrected chi connectivity index (χ1v) is 10.1. The van der Waals surface area contributed by atoms with Gasteiger partial charge in [0, 0.05) is 58.8 Å². The summed E-state index contributed by atoms with van der Waals surface area (Å²) in [6.07, 6.45) is -1.70. The summed E-state index contributed by atoms with van der Waals surface area (Å²) >= 11 is 0. The summed E-state index contributed by atoms with van der Waals surface area (Å²) in [5.74, 6) is -2.01. The molecule has 8 nitrogen and oxygen atoms in total. The lowest BCUT2D eigenvalue weighted by molar-refractivity contribution is -0.183. The largest absolute Gasteiger partial charge is 0.426 e. The van der Waals surface area contributed by atoms with Gasteiger partial charge in [-0.05, 0) is 0 Å². The molecule has 0 bridgehead atoms. The van der Waals surface area contributed by atoms with Crippen LogP contribution in [0.25, 0.3) is 0 Å². The second-order valence-corrected chi connectivity index (χ2v) is 7.52. The summed E-state index contributed by atoms with van der Waals surface area (Å²) < 4.78 is 19.6. The van der Waals surface area contributed by atoms with Crippen molar-refractivity contribution in [2.24, 2.45) is 0 Å². The normalized spacial score (nSPS) is 10.4. The van der Waals surface area contributed by atoms with Crippen LogP contribution in [0.1, 0.15) is 27.7 Å². The summed E-state index contributed by atoms with van der Waals surface area (Å²) in [6, 6.07) is 2.57. The van der Waals surface area contributed by atoms with Gasteiger partial charge in [0.2, 0.25) is 12.6 Å². The molecule has 0 saturated heterocycles. The zero-order valence-corrected chi connectivity index (χ0v) is 16.2. The van der Waals surface area contributed by atoms with E-state index in [1.54, 1.807) is 0 Å². The van der Waals surface area contributed by atoms with Gasteiger partial charge in [-0.1, -0.05) is 12.1 Å². The first-order valence-electron chi connectivity index (χ1n) is 7.31. The SMILES string of the molecule is CC(=O)OC(C[Si]CC[Si]CC(OC(C)=O)OC(C)=O)OC(C)=O. The predicted molar refractivity (Wildman–Crippen MR) is 85.4 cm³/mol. The molecule has 134 valence electrons. The van der Waals surface area contributed by atoms with Gasteiger partial charge in [0.15, 0.2) is 0 Å². The summed E-state index contributed by atoms with van der Waals surface area (Å²) in [5.41, 5.74) is 0. The van der Waals surface area contributed by atoms with Crippen LogP contribution in [0.15, 0.2) is 0 Å². The van der Waals surface area contributed by atoms with E-state index in [1.807, 2.05) is 0 Å². The second-order valence-electron chi connectivity index (χ2n) is 4.71. The lowest BCUT2D eigenvalue weighted by Gasteiger charge is -2.17. The summed E-state index contributed by atoms with van der Waals surface area (Å²) in [5, 5.41) is 0. The molecular formula is C14H22O8Si2. The van der Waals surface area contributed by atoms with Crippen LogP contribution in [0.4, 0.5) is 0 Å². The average molecular weight is 374 g/mol. The molecule has 0 unspecified atom stereocenters. The number of esters is 4. The summed E-state index contributed by atoms with van der Waals surface area (Å²) in [7, 11) is 0.888. The Morgan fingerprint density at radius 1 is 0.625 bits per heavy atom. The van der Waals surface area contributed by atoms with Crippen molar-refractivity contribution in [3.8, 4) is 0 Å². The first kappa shape index (κ1) is 22.3. The molecule has 0 aliphatic carbocycles. The Hall–Kier alpha value is -1.69. The number of carbonyl (C=O) groups is 4. The van der Waals surface area contributed by atoms with Gasteiger partial charge in [0.1, 0.15) is 0 Å². The van der Waals surface area contributed by atoms with Gasteiger partial charge in [0.25, 0.3) is 0 Å². The minimum atomic E-state index is -0.850. The Labute approximate surface area is 146 Å². The third-order valence-corrected chi connectivity index (χ3v) is 5.24. The first-order chi connectivity index (χ1) is 11.2. The van der Waals surface area contributed by atoms with Gasteiger partial charge in [-0.3, -0.25) is 19.2 Å². The van der Waals surface area contributed by atoms with Crippen molar-refractivity contribution in [3.63, 3.8) is 0 Å². The van der Waals surface area contributed by atoms with Crippen molar-refractivity contribution in [2.75, 3.05) is 0 Å². The lowest BCUT2D eigenvalue weighted by atomic mass is 10.7. The molecule has 0 aromatic heterocycles. The van der Waals surface area contributed by atoms with Crippen LogP contribution < -0.4 is 0 Å². The molecule has 0 aliphatic heterocycles. The Morgan fingerprint density at radius 2 is 0.875 bits per heavy atom. The van der Waals surface area contributed by atoms with E-state index in [9.17, 15) is 19.2 Å². The Balaban J connectivity index is 3.99. The number of hydrogen-bond acceptors (Lipinski definition) is 8. The van der Waals surface area contributed by atoms with Crippen LogP contribution in [0.5, 0.6) is 0 Å². The fourth-order valence-electron chi connectivity index (χ4n) is 1.57. The van der Waals surface area contributed by atoms with Gasteiger partial charge >= 0.3 is 23.9 Å². The zero-order valence-electron chi connectivity index (χ0n) is 14.2. The lowest BCUT2D eigenvalue weighted by Crippen LogP contribution is -2.24. The Bertz CT molecular complexity index is 368. The fourth-order valence-corrected chi connectivity index (χ4v) is 4.20. The van der Waals surface area contributed by atoms with E-state index in [2.05, 4.69) is 0 Å². The molecule has 4 radical (unpaired) electrons. The van der Waals surface area contributed by atoms with Gasteiger partial charge in [0.05, 0.1) is 0 Å². The van der Waals surface area contributed by atoms with Crippen molar-refractivity contribution < 1.29 is 38.1 Å². The van der Waals surface area contributed by atoms with E-state index in [0.717, 1.165) is 12.1 Å². The molecule has 0 atom stereocenters. The minimum Gasteiger partial charge on any atom is -0.426 e. The average Bonchev–Trinajstić information content (AvgIpc) is 2.39. The highest BCUT2D eigenvalue weighted by Crippen LogP contribution is 2.08. The molecule has 0 saturated carbocycles. The summed E-state index contributed by atoms with van der Waals surface area (Å²) in [4.78, 5) is 43.7. The van der Waals surface area contributed by atoms with Crippen LogP contribution in [-0.2, 0) is 38.1 Å². The maximum Gasteiger partial charge on any atom is 0.305 e. The number of carbonyl (C=O) groups excluding carboxylic acids is 4. The van der Waals surface area contributed by atoms with Crippen molar-refractivity contribution in [1.29, 1.82) is 0 Å². The molecule has 0 amide bonds. The van der Waals surface area contributed by atoms with Crippen molar-refractivity contribution >= 4 is 42.9 Å². The van der Waals surface area contributed by atoms with Gasteiger partial charge in [-0.15, -0.1) is 0 Å². The number of hydrogen-bond donors (Lipinski definition) is 0. The predicted octanol–water partition coefficient (Wildman–Crippen LogP) is 0.973. The monoisotopic (exact) mass is 374 g/mol. The van der Waals surface area contributed by atoms with Crippen LogP contribution in [0.2, 0.25) is 24.2 Å². The van der Waals surface area contributed by atoms with Crippen LogP contribution in [0.3, 0.4) is 0 Å². The third kappa shape index (κ3) is 13.9. The van der Waals surface area contributed by atoms with Crippen molar-refractivity contribution in [3.05, 3.63) is 0 Å². The van der Waals surface area contributed by atoms with Crippen molar-refractivity contribution in [1.82, 2.24) is 0 Å². The van der Waals surface area contributed by atoms with Crippen LogP contribution in [0, 0.1) is 0 Å². The van der Waals surface area contributed by atoms with Gasteiger partial charge < -0.3 is 18.9 Å². The smallest absolute Gasteiger partial charge is 0.305 e. The maximum atomic E-state index is 10.9. The molecule has 0 N–H and O–H groups in total. The van der Waals surface area contributed by atoms with E-state index in [-0.39, 0.29) is 0 Å². The molecule has 0 aromatic rings. The Kier molecular flexibility index (Phi) is 11.8. The number of ether oxygens (including phenoxy) is 4. The van der Waals surface area contributed by atoms with E-state index in [4.69, 9.17) is 18.9 Å². The number of rotatable bonds is 11. The third-order valence-electron chi connectivity index (χ3n) is 2.29. The highest BCUT2D eigenvalue weighted by atomic mass is 28.2. The van der Waals surface area contributed by atoms with Crippen LogP contribution in [-0.4, -0.2) is 55.5 Å². The highest BCUT2D eigenvalue weighted by molar-refractivity contribution is 6.42. The molecule has 0 heterocycles. The van der Waals surface area contributed by atoms with Gasteiger partial charge in [-0.25, -0.2) is 0 Å². The molecule has 0 aliphatic rings. The Morgan fingerprint density at radius 3 is 1.08 bits per heavy atom. The molecular weight excluding hydrogens is 352 g/mol. The van der Waals surface area contributed by atoms with E-state index in [1.165, 1.54) is 27.7 Å². The molecule has 0 aromatic carbocycles.